The van der Waals surface area contributed by atoms with Gasteiger partial charge in [0.2, 0.25) is 5.91 Å². The van der Waals surface area contributed by atoms with E-state index in [-0.39, 0.29) is 11.8 Å². The van der Waals surface area contributed by atoms with Gasteiger partial charge in [-0.25, -0.2) is 9.97 Å². The normalized spacial score (nSPS) is 15.6. The highest BCUT2D eigenvalue weighted by atomic mass is 32.2. The Morgan fingerprint density at radius 2 is 1.91 bits per heavy atom. The molecular formula is C26H30N4O3S. The number of aromatic nitrogens is 2. The number of nitrogens with zero attached hydrogens (tertiary/aromatic N) is 3. The van der Waals surface area contributed by atoms with Gasteiger partial charge in [0.05, 0.1) is 20.1 Å². The lowest BCUT2D eigenvalue weighted by Crippen LogP contribution is -2.43. The summed E-state index contributed by atoms with van der Waals surface area (Å²) in [5.74, 6) is 2.20. The number of ether oxygens (including phenoxy) is 2. The quantitative estimate of drug-likeness (QED) is 0.511. The number of hydrogen-bond donors (Lipinski definition) is 1. The molecule has 0 aliphatic carbocycles. The molecule has 1 aliphatic rings. The van der Waals surface area contributed by atoms with Crippen molar-refractivity contribution in [3.63, 3.8) is 0 Å². The number of aryl methyl sites for hydroxylation is 1. The van der Waals surface area contributed by atoms with Gasteiger partial charge in [-0.1, -0.05) is 29.5 Å². The fraction of sp³-hybridized carbons (Fsp3) is 0.346. The Hall–Kier alpha value is -3.26. The number of piperidine rings is 1. The second kappa shape index (κ2) is 11.2. The minimum Gasteiger partial charge on any atom is -0.497 e. The van der Waals surface area contributed by atoms with Crippen molar-refractivity contribution in [3.05, 3.63) is 66.0 Å². The molecule has 4 rings (SSSR count). The number of benzene rings is 2. The Bertz CT molecular complexity index is 1120. The third kappa shape index (κ3) is 5.80. The van der Waals surface area contributed by atoms with Crippen LogP contribution < -0.4 is 19.7 Å². The molecule has 7 nitrogen and oxygen atoms in total. The Balaban J connectivity index is 1.43. The van der Waals surface area contributed by atoms with Crippen LogP contribution in [0, 0.1) is 12.8 Å². The highest BCUT2D eigenvalue weighted by molar-refractivity contribution is 7.99. The Labute approximate surface area is 204 Å². The van der Waals surface area contributed by atoms with Gasteiger partial charge in [-0.2, -0.15) is 0 Å². The summed E-state index contributed by atoms with van der Waals surface area (Å²) in [5.41, 5.74) is 2.11. The van der Waals surface area contributed by atoms with Gasteiger partial charge < -0.3 is 19.7 Å². The van der Waals surface area contributed by atoms with Crippen molar-refractivity contribution in [3.8, 4) is 11.5 Å². The van der Waals surface area contributed by atoms with Crippen LogP contribution in [0.5, 0.6) is 11.5 Å². The summed E-state index contributed by atoms with van der Waals surface area (Å²) in [6, 6.07) is 14.0. The molecule has 1 fully saturated rings. The van der Waals surface area contributed by atoms with E-state index in [9.17, 15) is 4.79 Å². The van der Waals surface area contributed by atoms with Gasteiger partial charge in [-0.05, 0) is 50.1 Å². The van der Waals surface area contributed by atoms with E-state index in [4.69, 9.17) is 9.47 Å². The fourth-order valence-corrected chi connectivity index (χ4v) is 4.94. The third-order valence-electron chi connectivity index (χ3n) is 5.91. The number of hydrogen-bond acceptors (Lipinski definition) is 7. The van der Waals surface area contributed by atoms with E-state index in [2.05, 4.69) is 51.4 Å². The van der Waals surface area contributed by atoms with Crippen LogP contribution in [0.15, 0.2) is 64.8 Å². The van der Waals surface area contributed by atoms with Crippen molar-refractivity contribution in [1.29, 1.82) is 0 Å². The number of amides is 1. The number of nitrogens with one attached hydrogen (secondary N) is 1. The smallest absolute Gasteiger partial charge is 0.225 e. The molecule has 0 bridgehead atoms. The van der Waals surface area contributed by atoms with Crippen molar-refractivity contribution in [2.75, 3.05) is 32.2 Å². The summed E-state index contributed by atoms with van der Waals surface area (Å²) in [4.78, 5) is 25.6. The number of methoxy groups -OCH3 is 2. The van der Waals surface area contributed by atoms with Gasteiger partial charge in [0, 0.05) is 42.5 Å². The highest BCUT2D eigenvalue weighted by Crippen LogP contribution is 2.34. The summed E-state index contributed by atoms with van der Waals surface area (Å²) in [6.45, 7) is 3.93. The summed E-state index contributed by atoms with van der Waals surface area (Å²) in [7, 11) is 3.25. The molecule has 1 aromatic heterocycles. The maximum Gasteiger partial charge on any atom is 0.225 e. The Morgan fingerprint density at radius 3 is 2.68 bits per heavy atom. The minimum atomic E-state index is -0.121. The maximum absolute atomic E-state index is 13.1. The Kier molecular flexibility index (Phi) is 7.90. The van der Waals surface area contributed by atoms with Crippen molar-refractivity contribution >= 4 is 23.5 Å². The lowest BCUT2D eigenvalue weighted by atomic mass is 9.97. The summed E-state index contributed by atoms with van der Waals surface area (Å²) in [5, 5.41) is 3.94. The molecular weight excluding hydrogens is 448 g/mol. The lowest BCUT2D eigenvalue weighted by Gasteiger charge is -2.33. The summed E-state index contributed by atoms with van der Waals surface area (Å²) >= 11 is 1.60. The summed E-state index contributed by atoms with van der Waals surface area (Å²) < 4.78 is 10.7. The van der Waals surface area contributed by atoms with Crippen LogP contribution in [-0.4, -0.2) is 43.2 Å². The molecule has 2 heterocycles. The number of carbonyl (C=O) groups excluding carboxylic acids is 1. The average molecular weight is 479 g/mol. The largest absolute Gasteiger partial charge is 0.497 e. The predicted molar refractivity (Wildman–Crippen MR) is 134 cm³/mol. The topological polar surface area (TPSA) is 76.6 Å². The van der Waals surface area contributed by atoms with E-state index < -0.39 is 0 Å². The van der Waals surface area contributed by atoms with Crippen LogP contribution in [0.3, 0.4) is 0 Å². The minimum absolute atomic E-state index is 0.0335. The molecule has 1 N–H and O–H groups in total. The molecule has 3 aromatic rings. The maximum atomic E-state index is 13.1. The van der Waals surface area contributed by atoms with Gasteiger partial charge in [0.25, 0.3) is 0 Å². The first-order chi connectivity index (χ1) is 16.6. The zero-order valence-electron chi connectivity index (χ0n) is 19.8. The first-order valence-corrected chi connectivity index (χ1v) is 12.2. The first-order valence-electron chi connectivity index (χ1n) is 11.4. The molecule has 1 atom stereocenters. The average Bonchev–Trinajstić information content (AvgIpc) is 2.88. The SMILES string of the molecule is COc1ccc(OC)c(CNC(=O)[C@@H]2CCCN(c3nccnc3Sc3ccc(C)cc3)C2)c1. The molecule has 1 saturated heterocycles. The molecule has 0 saturated carbocycles. The lowest BCUT2D eigenvalue weighted by molar-refractivity contribution is -0.125. The number of anilines is 1. The van der Waals surface area contributed by atoms with E-state index in [1.54, 1.807) is 38.4 Å². The third-order valence-corrected chi connectivity index (χ3v) is 6.90. The van der Waals surface area contributed by atoms with E-state index in [1.807, 2.05) is 18.2 Å². The van der Waals surface area contributed by atoms with Crippen LogP contribution in [0.25, 0.3) is 0 Å². The molecule has 8 heteroatoms. The van der Waals surface area contributed by atoms with Crippen molar-refractivity contribution < 1.29 is 14.3 Å². The van der Waals surface area contributed by atoms with Gasteiger partial charge in [-0.15, -0.1) is 0 Å². The molecule has 34 heavy (non-hydrogen) atoms. The molecule has 1 aliphatic heterocycles. The van der Waals surface area contributed by atoms with Crippen LogP contribution in [0.1, 0.15) is 24.0 Å². The number of carbonyl (C=O) groups is 1. The second-order valence-corrected chi connectivity index (χ2v) is 9.34. The molecule has 0 radical (unpaired) electrons. The van der Waals surface area contributed by atoms with Crippen LogP contribution >= 0.6 is 11.8 Å². The van der Waals surface area contributed by atoms with E-state index in [0.717, 1.165) is 52.2 Å². The molecule has 2 aromatic carbocycles. The Morgan fingerprint density at radius 1 is 1.12 bits per heavy atom. The van der Waals surface area contributed by atoms with Crippen LogP contribution in [0.2, 0.25) is 0 Å². The first kappa shape index (κ1) is 23.9. The number of rotatable bonds is 8. The van der Waals surface area contributed by atoms with Gasteiger partial charge >= 0.3 is 0 Å². The fourth-order valence-electron chi connectivity index (χ4n) is 4.06. The van der Waals surface area contributed by atoms with Crippen molar-refractivity contribution in [2.45, 2.75) is 36.2 Å². The van der Waals surface area contributed by atoms with E-state index in [1.165, 1.54) is 5.56 Å². The van der Waals surface area contributed by atoms with E-state index >= 15 is 0 Å². The molecule has 178 valence electrons. The molecule has 0 spiro atoms. The van der Waals surface area contributed by atoms with Crippen LogP contribution in [-0.2, 0) is 11.3 Å². The highest BCUT2D eigenvalue weighted by Gasteiger charge is 2.28. The standard InChI is InChI=1S/C26H30N4O3S/c1-18-6-9-22(10-7-18)34-26-24(27-12-13-28-26)30-14-4-5-19(17-30)25(31)29-16-20-15-21(32-2)8-11-23(20)33-3/h6-13,15,19H,4-5,14,16-17H2,1-3H3,(H,29,31)/t19-/m1/s1. The van der Waals surface area contributed by atoms with Gasteiger partial charge in [-0.3, -0.25) is 4.79 Å². The molecule has 0 unspecified atom stereocenters. The molecule has 1 amide bonds. The summed E-state index contributed by atoms with van der Waals surface area (Å²) in [6.07, 6.45) is 5.20. The van der Waals surface area contributed by atoms with Gasteiger partial charge in [0.1, 0.15) is 16.5 Å². The van der Waals surface area contributed by atoms with E-state index in [0.29, 0.717) is 13.1 Å². The predicted octanol–water partition coefficient (Wildman–Crippen LogP) is 4.49. The zero-order chi connectivity index (χ0) is 23.9. The monoisotopic (exact) mass is 478 g/mol. The van der Waals surface area contributed by atoms with Crippen LogP contribution in [0.4, 0.5) is 5.82 Å². The zero-order valence-corrected chi connectivity index (χ0v) is 20.6. The van der Waals surface area contributed by atoms with Crippen molar-refractivity contribution in [2.24, 2.45) is 5.92 Å². The van der Waals surface area contributed by atoms with Gasteiger partial charge in [0.15, 0.2) is 5.82 Å². The van der Waals surface area contributed by atoms with Crippen molar-refractivity contribution in [1.82, 2.24) is 15.3 Å². The second-order valence-electron chi connectivity index (χ2n) is 8.28.